The molecule has 3 aromatic heterocycles. The van der Waals surface area contributed by atoms with Gasteiger partial charge in [0.2, 0.25) is 11.3 Å². The summed E-state index contributed by atoms with van der Waals surface area (Å²) in [4.78, 5) is 63.4. The van der Waals surface area contributed by atoms with E-state index in [1.807, 2.05) is 4.90 Å². The summed E-state index contributed by atoms with van der Waals surface area (Å²) < 4.78 is 46.6. The van der Waals surface area contributed by atoms with Crippen molar-refractivity contribution in [1.82, 2.24) is 29.4 Å². The first kappa shape index (κ1) is 36.3. The molecule has 1 aliphatic rings. The average Bonchev–Trinajstić information content (AvgIpc) is 3.07. The fraction of sp³-hybridized carbons (Fsp3) is 0.406. The molecule has 2 amide bonds. The van der Waals surface area contributed by atoms with Gasteiger partial charge in [0.25, 0.3) is 5.91 Å². The quantitative estimate of drug-likeness (QED) is 0.261. The lowest BCUT2D eigenvalue weighted by Crippen LogP contribution is -2.58. The molecule has 18 heteroatoms. The number of amides is 2. The second-order valence-electron chi connectivity index (χ2n) is 11.8. The van der Waals surface area contributed by atoms with Gasteiger partial charge in [-0.25, -0.2) is 19.9 Å². The van der Waals surface area contributed by atoms with E-state index in [1.54, 1.807) is 37.4 Å². The van der Waals surface area contributed by atoms with E-state index in [2.05, 4.69) is 25.3 Å². The number of methoxy groups -OCH3 is 1. The van der Waals surface area contributed by atoms with Crippen LogP contribution in [0.15, 0.2) is 35.5 Å². The van der Waals surface area contributed by atoms with Crippen molar-refractivity contribution < 1.29 is 32.6 Å². The Hall–Kier alpha value is -5.03. The molecule has 5 rings (SSSR count). The number of nitrogens with zero attached hydrogens (tertiary/aromatic N) is 8. The van der Waals surface area contributed by atoms with Crippen molar-refractivity contribution >= 4 is 51.8 Å². The Bertz CT molecular complexity index is 2010. The van der Waals surface area contributed by atoms with Gasteiger partial charge in [-0.3, -0.25) is 14.4 Å². The van der Waals surface area contributed by atoms with E-state index >= 15 is 0 Å². The minimum absolute atomic E-state index is 0.00746. The number of aromatic nitrogens is 5. The minimum atomic E-state index is -4.62. The smallest absolute Gasteiger partial charge is 0.416 e. The van der Waals surface area contributed by atoms with Gasteiger partial charge in [0.15, 0.2) is 22.6 Å². The van der Waals surface area contributed by atoms with Crippen LogP contribution in [0.2, 0.25) is 5.02 Å². The van der Waals surface area contributed by atoms with E-state index in [0.717, 1.165) is 18.2 Å². The molecule has 0 radical (unpaired) electrons. The largest absolute Gasteiger partial charge is 0.504 e. The van der Waals surface area contributed by atoms with Crippen molar-refractivity contribution in [3.63, 3.8) is 0 Å². The molecule has 0 spiro atoms. The third kappa shape index (κ3) is 7.14. The normalized spacial score (nSPS) is 15.0. The highest BCUT2D eigenvalue weighted by atomic mass is 35.5. The molecule has 14 nitrogen and oxygen atoms in total. The van der Waals surface area contributed by atoms with Crippen LogP contribution in [-0.4, -0.2) is 99.8 Å². The van der Waals surface area contributed by atoms with Gasteiger partial charge in [-0.1, -0.05) is 18.5 Å². The highest BCUT2D eigenvalue weighted by Crippen LogP contribution is 2.34. The molecular formula is C32H35ClF3N9O5. The second-order valence-corrected chi connectivity index (χ2v) is 12.2. The zero-order valence-electron chi connectivity index (χ0n) is 27.9. The number of aromatic hydroxyl groups is 1. The number of pyridine rings is 1. The van der Waals surface area contributed by atoms with Crippen molar-refractivity contribution in [2.75, 3.05) is 62.6 Å². The Kier molecular flexibility index (Phi) is 10.5. The number of carbonyl (C=O) groups is 2. The second kappa shape index (κ2) is 14.4. The van der Waals surface area contributed by atoms with Crippen LogP contribution in [0, 0.1) is 6.92 Å². The Balaban J connectivity index is 1.55. The molecule has 1 fully saturated rings. The van der Waals surface area contributed by atoms with Crippen molar-refractivity contribution in [3.05, 3.63) is 68.6 Å². The summed E-state index contributed by atoms with van der Waals surface area (Å²) in [5.41, 5.74) is -0.508. The molecule has 2 N–H and O–H groups in total. The first-order chi connectivity index (χ1) is 23.7. The molecule has 0 aliphatic carbocycles. The van der Waals surface area contributed by atoms with Crippen molar-refractivity contribution in [3.8, 4) is 5.75 Å². The van der Waals surface area contributed by atoms with Crippen LogP contribution in [0.5, 0.6) is 5.75 Å². The van der Waals surface area contributed by atoms with Crippen LogP contribution in [0.25, 0.3) is 11.2 Å². The number of ether oxygens (including phenoxy) is 1. The zero-order chi connectivity index (χ0) is 36.5. The van der Waals surface area contributed by atoms with Crippen molar-refractivity contribution in [2.45, 2.75) is 39.0 Å². The minimum Gasteiger partial charge on any atom is -0.504 e. The van der Waals surface area contributed by atoms with Crippen molar-refractivity contribution in [1.29, 1.82) is 0 Å². The number of halogens is 4. The van der Waals surface area contributed by atoms with Crippen LogP contribution in [0.4, 0.5) is 30.4 Å². The average molecular weight is 718 g/mol. The topological polar surface area (TPSA) is 159 Å². The highest BCUT2D eigenvalue weighted by molar-refractivity contribution is 6.33. The maximum absolute atomic E-state index is 14.3. The fourth-order valence-electron chi connectivity index (χ4n) is 5.84. The van der Waals surface area contributed by atoms with Crippen LogP contribution >= 0.6 is 11.6 Å². The molecule has 1 atom stereocenters. The van der Waals surface area contributed by atoms with Crippen LogP contribution in [0.3, 0.4) is 0 Å². The highest BCUT2D eigenvalue weighted by Gasteiger charge is 2.36. The number of piperazine rings is 1. The number of benzene rings is 1. The molecule has 1 unspecified atom stereocenters. The van der Waals surface area contributed by atoms with Crippen LogP contribution in [0.1, 0.15) is 34.4 Å². The number of rotatable bonds is 9. The first-order valence-electron chi connectivity index (χ1n) is 15.5. The van der Waals surface area contributed by atoms with E-state index in [-0.39, 0.29) is 83.9 Å². The number of nitrogens with one attached hydrogen (secondary N) is 1. The van der Waals surface area contributed by atoms with Gasteiger partial charge >= 0.3 is 6.18 Å². The summed E-state index contributed by atoms with van der Waals surface area (Å²) >= 11 is 6.10. The number of aryl methyl sites for hydroxylation is 1. The zero-order valence-corrected chi connectivity index (χ0v) is 28.6. The van der Waals surface area contributed by atoms with Gasteiger partial charge < -0.3 is 34.4 Å². The molecule has 50 heavy (non-hydrogen) atoms. The summed E-state index contributed by atoms with van der Waals surface area (Å²) in [6.45, 7) is 3.54. The third-order valence-corrected chi connectivity index (χ3v) is 8.63. The molecular weight excluding hydrogens is 683 g/mol. The summed E-state index contributed by atoms with van der Waals surface area (Å²) in [6.07, 6.45) is -1.69. The Morgan fingerprint density at radius 2 is 1.92 bits per heavy atom. The van der Waals surface area contributed by atoms with E-state index < -0.39 is 35.0 Å². The third-order valence-electron chi connectivity index (χ3n) is 8.32. The number of alkyl halides is 3. The van der Waals surface area contributed by atoms with Crippen LogP contribution < -0.4 is 20.5 Å². The SMILES string of the molecule is CCc1c(N2CCN(C(=O)c3ncnc(C)c3O)C(COC)C2)c(=O)c2nc(N(C)C)cnc2n1CC(=O)Nc1ccc(C(F)(F)F)cc1Cl. The monoisotopic (exact) mass is 717 g/mol. The van der Waals surface area contributed by atoms with Gasteiger partial charge in [-0.15, -0.1) is 0 Å². The number of fused-ring (bicyclic) bond motifs is 1. The lowest BCUT2D eigenvalue weighted by molar-refractivity contribution is -0.137. The number of anilines is 3. The first-order valence-corrected chi connectivity index (χ1v) is 15.9. The fourth-order valence-corrected chi connectivity index (χ4v) is 6.07. The predicted octanol–water partition coefficient (Wildman–Crippen LogP) is 3.51. The molecule has 266 valence electrons. The predicted molar refractivity (Wildman–Crippen MR) is 180 cm³/mol. The van der Waals surface area contributed by atoms with Gasteiger partial charge in [-0.2, -0.15) is 13.2 Å². The van der Waals surface area contributed by atoms with Gasteiger partial charge in [0, 0.05) is 46.5 Å². The summed E-state index contributed by atoms with van der Waals surface area (Å²) in [7, 11) is 4.95. The molecule has 4 heterocycles. The molecule has 1 aromatic carbocycles. The molecule has 4 aromatic rings. The molecule has 1 aliphatic heterocycles. The summed E-state index contributed by atoms with van der Waals surface area (Å²) in [6, 6.07) is 2.03. The number of carbonyl (C=O) groups excluding carboxylic acids is 2. The van der Waals surface area contributed by atoms with Crippen molar-refractivity contribution in [2.24, 2.45) is 0 Å². The van der Waals surface area contributed by atoms with Crippen LogP contribution in [-0.2, 0) is 28.7 Å². The van der Waals surface area contributed by atoms with E-state index in [9.17, 15) is 32.7 Å². The lowest BCUT2D eigenvalue weighted by atomic mass is 10.1. The molecule has 1 saturated heterocycles. The standard InChI is InChI=1S/C32H35ClF3N9O5/c1-6-22-27(43-9-10-44(19(13-43)15-50-5)31(49)26-28(47)17(2)38-16-39-26)29(48)25-30(37-12-23(41-25)42(3)4)45(22)14-24(46)40-21-8-7-18(11-20(21)33)32(34,35)36/h7-8,11-12,16,19,47H,6,9-10,13-15H2,1-5H3,(H,40,46). The number of hydrogen-bond acceptors (Lipinski definition) is 11. The maximum atomic E-state index is 14.3. The summed E-state index contributed by atoms with van der Waals surface area (Å²) in [5, 5.41) is 12.8. The Labute approximate surface area is 289 Å². The van der Waals surface area contributed by atoms with E-state index in [1.165, 1.54) is 24.5 Å². The van der Waals surface area contributed by atoms with Gasteiger partial charge in [0.05, 0.1) is 40.8 Å². The summed E-state index contributed by atoms with van der Waals surface area (Å²) in [5.74, 6) is -1.09. The lowest BCUT2D eigenvalue weighted by Gasteiger charge is -2.42. The maximum Gasteiger partial charge on any atom is 0.416 e. The molecule has 0 saturated carbocycles. The van der Waals surface area contributed by atoms with E-state index in [4.69, 9.17) is 16.3 Å². The van der Waals surface area contributed by atoms with Gasteiger partial charge in [-0.05, 0) is 31.5 Å². The number of hydrogen-bond donors (Lipinski definition) is 2. The van der Waals surface area contributed by atoms with Gasteiger partial charge in [0.1, 0.15) is 24.4 Å². The Morgan fingerprint density at radius 3 is 2.56 bits per heavy atom. The van der Waals surface area contributed by atoms with E-state index in [0.29, 0.717) is 11.5 Å². The molecule has 0 bridgehead atoms. The Morgan fingerprint density at radius 1 is 1.18 bits per heavy atom.